The lowest BCUT2D eigenvalue weighted by Crippen LogP contribution is -2.29. The van der Waals surface area contributed by atoms with Gasteiger partial charge in [-0.05, 0) is 48.9 Å². The van der Waals surface area contributed by atoms with Crippen molar-refractivity contribution in [2.75, 3.05) is 4.90 Å². The Bertz CT molecular complexity index is 1480. The Labute approximate surface area is 200 Å². The highest BCUT2D eigenvalue weighted by Gasteiger charge is 2.47. The van der Waals surface area contributed by atoms with Gasteiger partial charge in [-0.25, -0.2) is 13.6 Å². The first-order valence-corrected chi connectivity index (χ1v) is 11.8. The maximum atomic E-state index is 13.1. The zero-order valence-corrected chi connectivity index (χ0v) is 19.1. The van der Waals surface area contributed by atoms with Crippen LogP contribution in [0.3, 0.4) is 0 Å². The molecule has 3 aromatic carbocycles. The van der Waals surface area contributed by atoms with Gasteiger partial charge >= 0.3 is 0 Å². The van der Waals surface area contributed by atoms with Gasteiger partial charge < -0.3 is 5.11 Å². The van der Waals surface area contributed by atoms with Crippen molar-refractivity contribution >= 4 is 38.8 Å². The van der Waals surface area contributed by atoms with E-state index in [-0.39, 0.29) is 21.8 Å². The molecule has 3 aromatic rings. The summed E-state index contributed by atoms with van der Waals surface area (Å²) in [5.41, 5.74) is 1.34. The van der Waals surface area contributed by atoms with Gasteiger partial charge in [0.1, 0.15) is 5.76 Å². The van der Waals surface area contributed by atoms with Crippen LogP contribution in [0.15, 0.2) is 83.3 Å². The van der Waals surface area contributed by atoms with Crippen LogP contribution in [0.2, 0.25) is 0 Å². The first-order chi connectivity index (χ1) is 16.5. The number of amides is 1. The predicted octanol–water partition coefficient (Wildman–Crippen LogP) is 3.18. The summed E-state index contributed by atoms with van der Waals surface area (Å²) in [6.45, 7) is 1.85. The summed E-state index contributed by atoms with van der Waals surface area (Å²) in [5.74, 6) is -2.32. The van der Waals surface area contributed by atoms with Crippen molar-refractivity contribution in [3.05, 3.63) is 105 Å². The molecule has 3 N–H and O–H groups in total. The van der Waals surface area contributed by atoms with Gasteiger partial charge in [-0.2, -0.15) is 0 Å². The standard InChI is InChI=1S/C24H19N3O7S/c1-14-2-4-16(5-3-14)22(28)20-21(15-6-8-18(9-7-15)27(31)32)26(24(30)23(20)29)17-10-12-19(13-11-17)35(25,33)34/h2-13,21,28H,1H3,(H2,25,33,34)/b22-20-/t21-/m1/s1. The number of non-ortho nitro benzene ring substituents is 1. The van der Waals surface area contributed by atoms with Gasteiger partial charge in [0.2, 0.25) is 10.0 Å². The first-order valence-electron chi connectivity index (χ1n) is 10.2. The third-order valence-electron chi connectivity index (χ3n) is 5.63. The molecule has 35 heavy (non-hydrogen) atoms. The molecule has 0 unspecified atom stereocenters. The molecule has 1 amide bonds. The number of aryl methyl sites for hydroxylation is 1. The fourth-order valence-electron chi connectivity index (χ4n) is 3.86. The normalized spacial score (nSPS) is 17.5. The SMILES string of the molecule is Cc1ccc(/C(O)=C2/C(=O)C(=O)N(c3ccc(S(N)(=O)=O)cc3)[C@@H]2c2ccc([N+](=O)[O-])cc2)cc1. The van der Waals surface area contributed by atoms with E-state index in [1.807, 2.05) is 6.92 Å². The number of anilines is 1. The van der Waals surface area contributed by atoms with E-state index in [9.17, 15) is 33.2 Å². The second kappa shape index (κ2) is 8.78. The van der Waals surface area contributed by atoms with Crippen molar-refractivity contribution in [3.8, 4) is 0 Å². The minimum atomic E-state index is -3.99. The minimum Gasteiger partial charge on any atom is -0.507 e. The Balaban J connectivity index is 1.92. The smallest absolute Gasteiger partial charge is 0.300 e. The summed E-state index contributed by atoms with van der Waals surface area (Å²) in [6, 6.07) is 15.8. The Kier molecular flexibility index (Phi) is 5.97. The van der Waals surface area contributed by atoms with E-state index in [2.05, 4.69) is 0 Å². The van der Waals surface area contributed by atoms with Crippen molar-refractivity contribution in [3.63, 3.8) is 0 Å². The molecule has 4 rings (SSSR count). The maximum absolute atomic E-state index is 13.1. The van der Waals surface area contributed by atoms with E-state index in [0.717, 1.165) is 10.5 Å². The van der Waals surface area contributed by atoms with Crippen LogP contribution in [0.5, 0.6) is 0 Å². The third kappa shape index (κ3) is 4.42. The number of nitrogens with two attached hydrogens (primary N) is 1. The number of carbonyl (C=O) groups is 2. The van der Waals surface area contributed by atoms with Crippen LogP contribution < -0.4 is 10.0 Å². The summed E-state index contributed by atoms with van der Waals surface area (Å²) >= 11 is 0. The van der Waals surface area contributed by atoms with Crippen molar-refractivity contribution in [2.24, 2.45) is 5.14 Å². The van der Waals surface area contributed by atoms with Crippen LogP contribution in [0.25, 0.3) is 5.76 Å². The lowest BCUT2D eigenvalue weighted by Gasteiger charge is -2.25. The van der Waals surface area contributed by atoms with Crippen LogP contribution in [0.1, 0.15) is 22.7 Å². The Hall–Kier alpha value is -4.35. The first kappa shape index (κ1) is 23.8. The molecule has 178 valence electrons. The van der Waals surface area contributed by atoms with E-state index in [0.29, 0.717) is 11.1 Å². The number of nitro groups is 1. The molecule has 0 aliphatic carbocycles. The molecule has 1 atom stereocenters. The molecule has 0 radical (unpaired) electrons. The van der Waals surface area contributed by atoms with Gasteiger partial charge in [0, 0.05) is 23.4 Å². The molecule has 1 heterocycles. The topological polar surface area (TPSA) is 161 Å². The minimum absolute atomic E-state index is 0.172. The zero-order chi connectivity index (χ0) is 25.5. The number of sulfonamides is 1. The number of primary sulfonamides is 1. The molecular formula is C24H19N3O7S. The van der Waals surface area contributed by atoms with E-state index >= 15 is 0 Å². The summed E-state index contributed by atoms with van der Waals surface area (Å²) in [6.07, 6.45) is 0. The average Bonchev–Trinajstić information content (AvgIpc) is 3.09. The van der Waals surface area contributed by atoms with Gasteiger partial charge in [-0.1, -0.05) is 29.8 Å². The van der Waals surface area contributed by atoms with Crippen LogP contribution in [-0.2, 0) is 19.6 Å². The van der Waals surface area contributed by atoms with Crippen molar-refractivity contribution < 1.29 is 28.0 Å². The number of carbonyl (C=O) groups excluding carboxylic acids is 2. The number of aliphatic hydroxyl groups excluding tert-OH is 1. The highest BCUT2D eigenvalue weighted by atomic mass is 32.2. The van der Waals surface area contributed by atoms with Gasteiger partial charge in [0.05, 0.1) is 21.4 Å². The lowest BCUT2D eigenvalue weighted by atomic mass is 9.94. The number of benzene rings is 3. The van der Waals surface area contributed by atoms with Crippen LogP contribution in [0.4, 0.5) is 11.4 Å². The summed E-state index contributed by atoms with van der Waals surface area (Å²) in [5, 5.41) is 27.3. The quantitative estimate of drug-likeness (QED) is 0.181. The third-order valence-corrected chi connectivity index (χ3v) is 6.56. The number of Topliss-reactive ketones (excluding diaryl/α,β-unsaturated/α-hetero) is 1. The molecule has 0 bridgehead atoms. The van der Waals surface area contributed by atoms with Crippen molar-refractivity contribution in [1.82, 2.24) is 0 Å². The molecular weight excluding hydrogens is 474 g/mol. The van der Waals surface area contributed by atoms with Crippen LogP contribution in [0, 0.1) is 17.0 Å². The second-order valence-electron chi connectivity index (χ2n) is 7.92. The highest BCUT2D eigenvalue weighted by Crippen LogP contribution is 2.42. The highest BCUT2D eigenvalue weighted by molar-refractivity contribution is 7.89. The number of rotatable bonds is 5. The second-order valence-corrected chi connectivity index (χ2v) is 9.48. The monoisotopic (exact) mass is 493 g/mol. The average molecular weight is 493 g/mol. The molecule has 0 aromatic heterocycles. The number of hydrogen-bond acceptors (Lipinski definition) is 7. The molecule has 1 saturated heterocycles. The maximum Gasteiger partial charge on any atom is 0.300 e. The van der Waals surface area contributed by atoms with Gasteiger partial charge in [0.15, 0.2) is 0 Å². The molecule has 1 aliphatic heterocycles. The summed E-state index contributed by atoms with van der Waals surface area (Å²) < 4.78 is 23.2. The fourth-order valence-corrected chi connectivity index (χ4v) is 4.37. The Morgan fingerprint density at radius 2 is 1.54 bits per heavy atom. The summed E-state index contributed by atoms with van der Waals surface area (Å²) in [4.78, 5) is 37.7. The molecule has 1 fully saturated rings. The number of aliphatic hydroxyl groups is 1. The Morgan fingerprint density at radius 3 is 2.06 bits per heavy atom. The number of nitro benzene ring substituents is 1. The molecule has 1 aliphatic rings. The number of nitrogens with zero attached hydrogens (tertiary/aromatic N) is 2. The zero-order valence-electron chi connectivity index (χ0n) is 18.3. The molecule has 10 nitrogen and oxygen atoms in total. The van der Waals surface area contributed by atoms with Gasteiger partial charge in [-0.15, -0.1) is 0 Å². The van der Waals surface area contributed by atoms with Crippen molar-refractivity contribution in [2.45, 2.75) is 17.9 Å². The lowest BCUT2D eigenvalue weighted by molar-refractivity contribution is -0.384. The van der Waals surface area contributed by atoms with Gasteiger partial charge in [0.25, 0.3) is 17.4 Å². The summed E-state index contributed by atoms with van der Waals surface area (Å²) in [7, 11) is -3.99. The van der Waals surface area contributed by atoms with Crippen molar-refractivity contribution in [1.29, 1.82) is 0 Å². The number of ketones is 1. The van der Waals surface area contributed by atoms with E-state index in [1.165, 1.54) is 48.5 Å². The Morgan fingerprint density at radius 1 is 0.971 bits per heavy atom. The molecule has 11 heteroatoms. The van der Waals surface area contributed by atoms with E-state index in [4.69, 9.17) is 5.14 Å². The van der Waals surface area contributed by atoms with Crippen LogP contribution in [-0.4, -0.2) is 30.1 Å². The molecule has 0 spiro atoms. The van der Waals surface area contributed by atoms with Gasteiger partial charge in [-0.3, -0.25) is 24.6 Å². The van der Waals surface area contributed by atoms with Crippen LogP contribution >= 0.6 is 0 Å². The largest absolute Gasteiger partial charge is 0.507 e. The van der Waals surface area contributed by atoms with E-state index in [1.54, 1.807) is 24.3 Å². The van der Waals surface area contributed by atoms with E-state index < -0.39 is 38.4 Å². The predicted molar refractivity (Wildman–Crippen MR) is 127 cm³/mol. The number of hydrogen-bond donors (Lipinski definition) is 2. The fraction of sp³-hybridized carbons (Fsp3) is 0.0833. The molecule has 0 saturated carbocycles.